The lowest BCUT2D eigenvalue weighted by atomic mass is 9.84. The summed E-state index contributed by atoms with van der Waals surface area (Å²) in [6.45, 7) is 0. The van der Waals surface area contributed by atoms with Gasteiger partial charge in [-0.05, 0) is 24.5 Å². The third-order valence-corrected chi connectivity index (χ3v) is 5.39. The lowest BCUT2D eigenvalue weighted by Gasteiger charge is -2.21. The van der Waals surface area contributed by atoms with E-state index in [2.05, 4.69) is 20.4 Å². The van der Waals surface area contributed by atoms with Crippen molar-refractivity contribution >= 4 is 11.8 Å². The molecule has 2 aromatic heterocycles. The van der Waals surface area contributed by atoms with Gasteiger partial charge in [-0.15, -0.1) is 0 Å². The van der Waals surface area contributed by atoms with Crippen LogP contribution < -0.4 is 5.32 Å². The number of hydrogen-bond donors (Lipinski definition) is 2. The number of aliphatic carboxylic acids is 1. The van der Waals surface area contributed by atoms with E-state index in [1.54, 1.807) is 13.2 Å². The predicted octanol–water partition coefficient (Wildman–Crippen LogP) is 4.48. The zero-order chi connectivity index (χ0) is 19.1. The monoisotopic (exact) mass is 372 g/mol. The summed E-state index contributed by atoms with van der Waals surface area (Å²) in [5.41, 5.74) is 0.742. The number of aromatic nitrogens is 3. The molecule has 146 valence electrons. The van der Waals surface area contributed by atoms with E-state index in [1.165, 1.54) is 32.1 Å². The summed E-state index contributed by atoms with van der Waals surface area (Å²) in [7, 11) is 1.78. The Morgan fingerprint density at radius 1 is 1.37 bits per heavy atom. The molecule has 2 aromatic rings. The summed E-state index contributed by atoms with van der Waals surface area (Å²) in [4.78, 5) is 20.1. The van der Waals surface area contributed by atoms with Crippen LogP contribution in [-0.2, 0) is 4.79 Å². The van der Waals surface area contributed by atoms with Gasteiger partial charge in [0.1, 0.15) is 5.82 Å². The lowest BCUT2D eigenvalue weighted by molar-refractivity contribution is -0.137. The van der Waals surface area contributed by atoms with Crippen LogP contribution in [0.1, 0.15) is 69.6 Å². The first kappa shape index (κ1) is 19.3. The third kappa shape index (κ3) is 5.28. The first-order chi connectivity index (χ1) is 13.2. The molecule has 1 fully saturated rings. The summed E-state index contributed by atoms with van der Waals surface area (Å²) >= 11 is 0. The van der Waals surface area contributed by atoms with Crippen molar-refractivity contribution in [1.29, 1.82) is 0 Å². The van der Waals surface area contributed by atoms with E-state index in [-0.39, 0.29) is 12.3 Å². The molecule has 7 heteroatoms. The van der Waals surface area contributed by atoms with Gasteiger partial charge in [0.25, 0.3) is 0 Å². The Morgan fingerprint density at radius 2 is 2.19 bits per heavy atom. The maximum absolute atomic E-state index is 11.3. The summed E-state index contributed by atoms with van der Waals surface area (Å²) in [6.07, 6.45) is 11.2. The average molecular weight is 372 g/mol. The Labute approximate surface area is 159 Å². The molecule has 1 atom stereocenters. The van der Waals surface area contributed by atoms with Crippen molar-refractivity contribution in [1.82, 2.24) is 15.1 Å². The van der Waals surface area contributed by atoms with Crippen LogP contribution in [-0.4, -0.2) is 33.2 Å². The topological polar surface area (TPSA) is 101 Å². The SMILES string of the molecule is CNc1ncccc1-c1noc(C(CCCC2CCCCC2)CC(=O)O)n1. The largest absolute Gasteiger partial charge is 0.481 e. The third-order valence-electron chi connectivity index (χ3n) is 5.39. The van der Waals surface area contributed by atoms with Crippen LogP contribution in [0.25, 0.3) is 11.4 Å². The lowest BCUT2D eigenvalue weighted by Crippen LogP contribution is -2.10. The van der Waals surface area contributed by atoms with Gasteiger partial charge in [-0.1, -0.05) is 50.1 Å². The number of anilines is 1. The number of rotatable bonds is 9. The highest BCUT2D eigenvalue weighted by Gasteiger charge is 2.24. The van der Waals surface area contributed by atoms with Crippen LogP contribution in [0.2, 0.25) is 0 Å². The van der Waals surface area contributed by atoms with Crippen LogP contribution in [0, 0.1) is 5.92 Å². The highest BCUT2D eigenvalue weighted by molar-refractivity contribution is 5.69. The maximum Gasteiger partial charge on any atom is 0.304 e. The second-order valence-electron chi connectivity index (χ2n) is 7.34. The number of nitrogens with one attached hydrogen (secondary N) is 1. The molecule has 2 N–H and O–H groups in total. The molecule has 27 heavy (non-hydrogen) atoms. The van der Waals surface area contributed by atoms with Gasteiger partial charge in [0, 0.05) is 19.2 Å². The van der Waals surface area contributed by atoms with Crippen molar-refractivity contribution in [3.8, 4) is 11.4 Å². The van der Waals surface area contributed by atoms with Crippen LogP contribution in [0.5, 0.6) is 0 Å². The van der Waals surface area contributed by atoms with Crippen LogP contribution in [0.4, 0.5) is 5.82 Å². The Kier molecular flexibility index (Phi) is 6.79. The first-order valence-electron chi connectivity index (χ1n) is 9.86. The van der Waals surface area contributed by atoms with Gasteiger partial charge in [-0.25, -0.2) is 4.98 Å². The van der Waals surface area contributed by atoms with Crippen LogP contribution in [0.3, 0.4) is 0 Å². The summed E-state index contributed by atoms with van der Waals surface area (Å²) < 4.78 is 5.44. The molecule has 1 saturated carbocycles. The minimum absolute atomic E-state index is 0.0121. The second kappa shape index (κ2) is 9.48. The molecule has 1 unspecified atom stereocenters. The van der Waals surface area contributed by atoms with E-state index in [0.29, 0.717) is 17.5 Å². The summed E-state index contributed by atoms with van der Waals surface area (Å²) in [5.74, 6) is 1.21. The van der Waals surface area contributed by atoms with E-state index in [0.717, 1.165) is 30.7 Å². The fraction of sp³-hybridized carbons (Fsp3) is 0.600. The van der Waals surface area contributed by atoms with Crippen molar-refractivity contribution in [2.75, 3.05) is 12.4 Å². The minimum atomic E-state index is -0.838. The normalized spacial score (nSPS) is 16.2. The summed E-state index contributed by atoms with van der Waals surface area (Å²) in [5, 5.41) is 16.4. The number of carboxylic acids is 1. The second-order valence-corrected chi connectivity index (χ2v) is 7.34. The fourth-order valence-corrected chi connectivity index (χ4v) is 3.95. The highest BCUT2D eigenvalue weighted by atomic mass is 16.5. The van der Waals surface area contributed by atoms with E-state index >= 15 is 0 Å². The van der Waals surface area contributed by atoms with Crippen LogP contribution >= 0.6 is 0 Å². The molecule has 7 nitrogen and oxygen atoms in total. The first-order valence-corrected chi connectivity index (χ1v) is 9.86. The number of hydrogen-bond acceptors (Lipinski definition) is 6. The van der Waals surface area contributed by atoms with Gasteiger partial charge < -0.3 is 14.9 Å². The van der Waals surface area contributed by atoms with Gasteiger partial charge in [0.2, 0.25) is 11.7 Å². The maximum atomic E-state index is 11.3. The molecule has 0 amide bonds. The van der Waals surface area contributed by atoms with Crippen LogP contribution in [0.15, 0.2) is 22.9 Å². The average Bonchev–Trinajstić information content (AvgIpc) is 3.17. The van der Waals surface area contributed by atoms with Gasteiger partial charge in [-0.2, -0.15) is 4.98 Å². The molecule has 0 bridgehead atoms. The molecule has 2 heterocycles. The molecule has 1 aliphatic carbocycles. The molecule has 0 aliphatic heterocycles. The molecular formula is C20H28N4O3. The van der Waals surface area contributed by atoms with Crippen molar-refractivity contribution < 1.29 is 14.4 Å². The van der Waals surface area contributed by atoms with E-state index in [1.807, 2.05) is 12.1 Å². The fourth-order valence-electron chi connectivity index (χ4n) is 3.95. The van der Waals surface area contributed by atoms with Gasteiger partial charge in [0.15, 0.2) is 0 Å². The smallest absolute Gasteiger partial charge is 0.304 e. The van der Waals surface area contributed by atoms with Crippen molar-refractivity contribution in [2.24, 2.45) is 5.92 Å². The summed E-state index contributed by atoms with van der Waals surface area (Å²) in [6, 6.07) is 3.67. The Bertz CT molecular complexity index is 740. The molecule has 1 aliphatic rings. The Morgan fingerprint density at radius 3 is 2.93 bits per heavy atom. The number of carbonyl (C=O) groups is 1. The molecule has 0 saturated heterocycles. The predicted molar refractivity (Wildman–Crippen MR) is 102 cm³/mol. The highest BCUT2D eigenvalue weighted by Crippen LogP contribution is 2.32. The van der Waals surface area contributed by atoms with E-state index < -0.39 is 5.97 Å². The molecule has 0 radical (unpaired) electrons. The standard InChI is InChI=1S/C20H28N4O3/c1-21-18-16(11-6-12-22-18)19-23-20(27-24-19)15(13-17(25)26)10-5-9-14-7-3-2-4-8-14/h6,11-12,14-15H,2-5,7-10,13H2,1H3,(H,21,22)(H,25,26). The molecular weight excluding hydrogens is 344 g/mol. The van der Waals surface area contributed by atoms with E-state index in [4.69, 9.17) is 4.52 Å². The molecule has 0 aromatic carbocycles. The zero-order valence-electron chi connectivity index (χ0n) is 15.9. The Hall–Kier alpha value is -2.44. The van der Waals surface area contributed by atoms with Crippen molar-refractivity contribution in [2.45, 2.75) is 63.7 Å². The quantitative estimate of drug-likeness (QED) is 0.669. The van der Waals surface area contributed by atoms with Gasteiger partial charge in [0.05, 0.1) is 12.0 Å². The minimum Gasteiger partial charge on any atom is -0.481 e. The number of carboxylic acid groups (broad SMARTS) is 1. The van der Waals surface area contributed by atoms with Crippen molar-refractivity contribution in [3.63, 3.8) is 0 Å². The number of pyridine rings is 1. The molecule has 3 rings (SSSR count). The zero-order valence-corrected chi connectivity index (χ0v) is 15.9. The number of nitrogens with zero attached hydrogens (tertiary/aromatic N) is 3. The molecule has 0 spiro atoms. The van der Waals surface area contributed by atoms with Crippen molar-refractivity contribution in [3.05, 3.63) is 24.2 Å². The van der Waals surface area contributed by atoms with Gasteiger partial charge >= 0.3 is 5.97 Å². The Balaban J connectivity index is 1.67. The van der Waals surface area contributed by atoms with E-state index in [9.17, 15) is 9.90 Å². The van der Waals surface area contributed by atoms with Gasteiger partial charge in [-0.3, -0.25) is 4.79 Å².